The summed E-state index contributed by atoms with van der Waals surface area (Å²) in [5.41, 5.74) is 0. The number of amides is 1. The van der Waals surface area contributed by atoms with Crippen LogP contribution in [-0.4, -0.2) is 78.7 Å². The molecule has 3 heterocycles. The van der Waals surface area contributed by atoms with Gasteiger partial charge in [-0.2, -0.15) is 0 Å². The molecule has 1 atom stereocenters. The fourth-order valence-electron chi connectivity index (χ4n) is 3.14. The number of hydrogen-bond donors (Lipinski definition) is 2. The fraction of sp³-hybridized carbons (Fsp3) is 0.923. The molecule has 1 amide bonds. The van der Waals surface area contributed by atoms with Gasteiger partial charge in [0.15, 0.2) is 0 Å². The molecule has 0 aromatic heterocycles. The van der Waals surface area contributed by atoms with Gasteiger partial charge in [-0.1, -0.05) is 0 Å². The molecule has 0 radical (unpaired) electrons. The van der Waals surface area contributed by atoms with Crippen LogP contribution >= 0.6 is 11.8 Å². The van der Waals surface area contributed by atoms with Crippen molar-refractivity contribution in [2.24, 2.45) is 0 Å². The third-order valence-corrected chi connectivity index (χ3v) is 6.07. The van der Waals surface area contributed by atoms with Crippen molar-refractivity contribution in [3.05, 3.63) is 0 Å². The number of hydrogen-bond acceptors (Lipinski definition) is 5. The van der Waals surface area contributed by atoms with Crippen LogP contribution in [0.2, 0.25) is 0 Å². The van der Waals surface area contributed by atoms with Gasteiger partial charge in [-0.15, -0.1) is 11.8 Å². The van der Waals surface area contributed by atoms with E-state index in [-0.39, 0.29) is 10.9 Å². The second kappa shape index (κ2) is 5.60. The zero-order chi connectivity index (χ0) is 13.3. The Labute approximate surface area is 119 Å². The standard InChI is InChI=1S/C13H24N4OS/c1-16-6-8-17(9-7-16)12(18)11-10-19-13(15-11)2-4-14-5-3-13/h11,14-15H,2-10H2,1H3/t11-/m0/s1. The van der Waals surface area contributed by atoms with Gasteiger partial charge < -0.3 is 15.1 Å². The molecule has 0 aliphatic carbocycles. The van der Waals surface area contributed by atoms with E-state index in [1.54, 1.807) is 0 Å². The Bertz CT molecular complexity index is 338. The number of piperazine rings is 1. The summed E-state index contributed by atoms with van der Waals surface area (Å²) in [5, 5.41) is 7.03. The lowest BCUT2D eigenvalue weighted by Gasteiger charge is -2.36. The van der Waals surface area contributed by atoms with Crippen LogP contribution in [0.1, 0.15) is 12.8 Å². The van der Waals surface area contributed by atoms with Crippen molar-refractivity contribution in [3.8, 4) is 0 Å². The van der Waals surface area contributed by atoms with E-state index in [1.807, 2.05) is 16.7 Å². The number of thioether (sulfide) groups is 1. The van der Waals surface area contributed by atoms with Crippen LogP contribution in [-0.2, 0) is 4.79 Å². The van der Waals surface area contributed by atoms with E-state index in [4.69, 9.17) is 0 Å². The molecule has 3 fully saturated rings. The molecule has 3 aliphatic rings. The molecule has 3 aliphatic heterocycles. The van der Waals surface area contributed by atoms with Gasteiger partial charge >= 0.3 is 0 Å². The SMILES string of the molecule is CN1CCN(C(=O)[C@@H]2CSC3(CCNCC3)N2)CC1. The minimum Gasteiger partial charge on any atom is -0.339 e. The first-order chi connectivity index (χ1) is 9.19. The van der Waals surface area contributed by atoms with E-state index in [0.29, 0.717) is 5.91 Å². The second-order valence-corrected chi connectivity index (χ2v) is 7.28. The molecular formula is C13H24N4OS. The maximum Gasteiger partial charge on any atom is 0.240 e. The van der Waals surface area contributed by atoms with E-state index in [1.165, 1.54) is 0 Å². The summed E-state index contributed by atoms with van der Waals surface area (Å²) in [6, 6.07) is 0.0338. The van der Waals surface area contributed by atoms with Gasteiger partial charge in [-0.25, -0.2) is 0 Å². The van der Waals surface area contributed by atoms with Gasteiger partial charge in [0, 0.05) is 31.9 Å². The Morgan fingerprint density at radius 1 is 1.21 bits per heavy atom. The molecule has 3 rings (SSSR count). The summed E-state index contributed by atoms with van der Waals surface area (Å²) in [6.45, 7) is 5.89. The lowest BCUT2D eigenvalue weighted by atomic mass is 10.0. The summed E-state index contributed by atoms with van der Waals surface area (Å²) in [6.07, 6.45) is 2.26. The lowest BCUT2D eigenvalue weighted by Crippen LogP contribution is -2.56. The van der Waals surface area contributed by atoms with E-state index >= 15 is 0 Å². The van der Waals surface area contributed by atoms with Crippen LogP contribution in [0.4, 0.5) is 0 Å². The van der Waals surface area contributed by atoms with Crippen molar-refractivity contribution in [2.45, 2.75) is 23.8 Å². The molecule has 19 heavy (non-hydrogen) atoms. The maximum absolute atomic E-state index is 12.5. The second-order valence-electron chi connectivity index (χ2n) is 5.88. The predicted octanol–water partition coefficient (Wildman–Crippen LogP) is -0.455. The molecular weight excluding hydrogens is 260 g/mol. The fourth-order valence-corrected chi connectivity index (χ4v) is 4.57. The number of carbonyl (C=O) groups is 1. The van der Waals surface area contributed by atoms with E-state index in [9.17, 15) is 4.79 Å². The summed E-state index contributed by atoms with van der Waals surface area (Å²) in [7, 11) is 2.12. The summed E-state index contributed by atoms with van der Waals surface area (Å²) >= 11 is 1.96. The van der Waals surface area contributed by atoms with E-state index < -0.39 is 0 Å². The van der Waals surface area contributed by atoms with Gasteiger partial charge in [0.25, 0.3) is 0 Å². The topological polar surface area (TPSA) is 47.6 Å². The third-order valence-electron chi connectivity index (χ3n) is 4.49. The van der Waals surface area contributed by atoms with Crippen LogP contribution in [0.5, 0.6) is 0 Å². The molecule has 2 N–H and O–H groups in total. The van der Waals surface area contributed by atoms with E-state index in [2.05, 4.69) is 22.6 Å². The Morgan fingerprint density at radius 2 is 1.89 bits per heavy atom. The first kappa shape index (κ1) is 13.7. The quantitative estimate of drug-likeness (QED) is 0.683. The van der Waals surface area contributed by atoms with Crippen molar-refractivity contribution >= 4 is 17.7 Å². The Morgan fingerprint density at radius 3 is 2.58 bits per heavy atom. The number of carbonyl (C=O) groups excluding carboxylic acids is 1. The Kier molecular flexibility index (Phi) is 4.03. The highest BCUT2D eigenvalue weighted by atomic mass is 32.2. The highest BCUT2D eigenvalue weighted by Crippen LogP contribution is 2.37. The molecule has 0 aromatic carbocycles. The van der Waals surface area contributed by atoms with Gasteiger partial charge in [0.1, 0.15) is 0 Å². The summed E-state index contributed by atoms with van der Waals surface area (Å²) in [4.78, 5) is 17.0. The first-order valence-electron chi connectivity index (χ1n) is 7.28. The van der Waals surface area contributed by atoms with Crippen LogP contribution in [0.25, 0.3) is 0 Å². The van der Waals surface area contributed by atoms with Crippen molar-refractivity contribution in [1.82, 2.24) is 20.4 Å². The van der Waals surface area contributed by atoms with Crippen molar-refractivity contribution in [2.75, 3.05) is 52.1 Å². The van der Waals surface area contributed by atoms with Gasteiger partial charge in [0.05, 0.1) is 10.9 Å². The van der Waals surface area contributed by atoms with Crippen LogP contribution < -0.4 is 10.6 Å². The molecule has 0 bridgehead atoms. The smallest absolute Gasteiger partial charge is 0.240 e. The number of nitrogens with zero attached hydrogens (tertiary/aromatic N) is 2. The number of piperidine rings is 1. The number of rotatable bonds is 1. The monoisotopic (exact) mass is 284 g/mol. The summed E-state index contributed by atoms with van der Waals surface area (Å²) in [5.74, 6) is 1.25. The average Bonchev–Trinajstić information content (AvgIpc) is 2.83. The Hall–Kier alpha value is -0.300. The third kappa shape index (κ3) is 2.91. The first-order valence-corrected chi connectivity index (χ1v) is 8.27. The lowest BCUT2D eigenvalue weighted by molar-refractivity contribution is -0.134. The highest BCUT2D eigenvalue weighted by Gasteiger charge is 2.43. The predicted molar refractivity (Wildman–Crippen MR) is 78.3 cm³/mol. The molecule has 108 valence electrons. The minimum atomic E-state index is 0.0338. The average molecular weight is 284 g/mol. The van der Waals surface area contributed by atoms with Crippen molar-refractivity contribution < 1.29 is 4.79 Å². The van der Waals surface area contributed by atoms with Gasteiger partial charge in [-0.3, -0.25) is 10.1 Å². The zero-order valence-corrected chi connectivity index (χ0v) is 12.5. The molecule has 0 unspecified atom stereocenters. The summed E-state index contributed by atoms with van der Waals surface area (Å²) < 4.78 is 0. The van der Waals surface area contributed by atoms with Gasteiger partial charge in [-0.05, 0) is 33.0 Å². The molecule has 6 heteroatoms. The molecule has 1 spiro atoms. The van der Waals surface area contributed by atoms with Crippen LogP contribution in [0.15, 0.2) is 0 Å². The molecule has 0 saturated carbocycles. The normalized spacial score (nSPS) is 31.8. The molecule has 3 saturated heterocycles. The van der Waals surface area contributed by atoms with Crippen LogP contribution in [0.3, 0.4) is 0 Å². The molecule has 0 aromatic rings. The van der Waals surface area contributed by atoms with Crippen molar-refractivity contribution in [3.63, 3.8) is 0 Å². The minimum absolute atomic E-state index is 0.0338. The van der Waals surface area contributed by atoms with Crippen LogP contribution in [0, 0.1) is 0 Å². The Balaban J connectivity index is 1.56. The molecule has 5 nitrogen and oxygen atoms in total. The number of nitrogens with one attached hydrogen (secondary N) is 2. The number of likely N-dealkylation sites (N-methyl/N-ethyl adjacent to an activating group) is 1. The van der Waals surface area contributed by atoms with Gasteiger partial charge in [0.2, 0.25) is 5.91 Å². The van der Waals surface area contributed by atoms with Crippen molar-refractivity contribution in [1.29, 1.82) is 0 Å². The maximum atomic E-state index is 12.5. The largest absolute Gasteiger partial charge is 0.339 e. The zero-order valence-electron chi connectivity index (χ0n) is 11.7. The highest BCUT2D eigenvalue weighted by molar-refractivity contribution is 8.01. The van der Waals surface area contributed by atoms with E-state index in [0.717, 1.165) is 57.9 Å².